The van der Waals surface area contributed by atoms with Gasteiger partial charge in [-0.2, -0.15) is 5.26 Å². The first-order chi connectivity index (χ1) is 12.0. The Morgan fingerprint density at radius 2 is 2.00 bits per heavy atom. The topological polar surface area (TPSA) is 62.1 Å². The molecule has 4 heteroatoms. The van der Waals surface area contributed by atoms with Crippen LogP contribution in [0.5, 0.6) is 5.75 Å². The predicted octanol–water partition coefficient (Wildman–Crippen LogP) is 4.64. The number of nitriles is 1. The molecular weight excluding hydrogens is 312 g/mol. The number of carbonyl (C=O) groups excluding carboxylic acids is 1. The molecule has 0 unspecified atom stereocenters. The van der Waals surface area contributed by atoms with Crippen LogP contribution in [0.25, 0.3) is 6.08 Å². The fraction of sp³-hybridized carbons (Fsp3) is 0.238. The summed E-state index contributed by atoms with van der Waals surface area (Å²) < 4.78 is 5.68. The Bertz CT molecular complexity index is 832. The zero-order chi connectivity index (χ0) is 18.2. The number of hydrogen-bond donors (Lipinski definition) is 1. The minimum Gasteiger partial charge on any atom is -0.493 e. The highest BCUT2D eigenvalue weighted by molar-refractivity contribution is 6.10. The van der Waals surface area contributed by atoms with Crippen LogP contribution in [0, 0.1) is 25.2 Å². The fourth-order valence-electron chi connectivity index (χ4n) is 2.31. The van der Waals surface area contributed by atoms with Crippen molar-refractivity contribution in [1.29, 1.82) is 5.26 Å². The molecule has 0 heterocycles. The molecule has 0 fully saturated rings. The molecular formula is C21H22N2O2. The first kappa shape index (κ1) is 18.3. The Balaban J connectivity index is 2.27. The van der Waals surface area contributed by atoms with Crippen LogP contribution in [0.4, 0.5) is 5.69 Å². The number of amides is 1. The van der Waals surface area contributed by atoms with Crippen LogP contribution in [0.3, 0.4) is 0 Å². The fourth-order valence-corrected chi connectivity index (χ4v) is 2.31. The molecule has 4 nitrogen and oxygen atoms in total. The third-order valence-electron chi connectivity index (χ3n) is 3.69. The van der Waals surface area contributed by atoms with Crippen LogP contribution in [0.15, 0.2) is 48.0 Å². The minimum absolute atomic E-state index is 0.0356. The number of carbonyl (C=O) groups is 1. The van der Waals surface area contributed by atoms with Crippen molar-refractivity contribution in [1.82, 2.24) is 0 Å². The molecule has 0 saturated carbocycles. The van der Waals surface area contributed by atoms with Gasteiger partial charge in [0.05, 0.1) is 6.61 Å². The average Bonchev–Trinajstić information content (AvgIpc) is 2.61. The van der Waals surface area contributed by atoms with Gasteiger partial charge in [-0.1, -0.05) is 37.3 Å². The van der Waals surface area contributed by atoms with E-state index in [-0.39, 0.29) is 5.57 Å². The second-order valence-electron chi connectivity index (χ2n) is 5.83. The molecule has 0 aliphatic carbocycles. The molecule has 0 aliphatic heterocycles. The van der Waals surface area contributed by atoms with Crippen LogP contribution >= 0.6 is 0 Å². The van der Waals surface area contributed by atoms with Gasteiger partial charge < -0.3 is 10.1 Å². The largest absolute Gasteiger partial charge is 0.493 e. The van der Waals surface area contributed by atoms with E-state index in [4.69, 9.17) is 4.74 Å². The molecule has 25 heavy (non-hydrogen) atoms. The number of nitrogens with one attached hydrogen (secondary N) is 1. The summed E-state index contributed by atoms with van der Waals surface area (Å²) >= 11 is 0. The van der Waals surface area contributed by atoms with Crippen molar-refractivity contribution in [3.63, 3.8) is 0 Å². The quantitative estimate of drug-likeness (QED) is 0.618. The van der Waals surface area contributed by atoms with E-state index < -0.39 is 5.91 Å². The van der Waals surface area contributed by atoms with Crippen LogP contribution in [-0.4, -0.2) is 12.5 Å². The van der Waals surface area contributed by atoms with E-state index in [1.54, 1.807) is 6.08 Å². The molecule has 0 saturated heterocycles. The first-order valence-electron chi connectivity index (χ1n) is 8.27. The monoisotopic (exact) mass is 334 g/mol. The van der Waals surface area contributed by atoms with Gasteiger partial charge in [0.1, 0.15) is 17.4 Å². The zero-order valence-electron chi connectivity index (χ0n) is 14.8. The van der Waals surface area contributed by atoms with E-state index in [9.17, 15) is 10.1 Å². The second-order valence-corrected chi connectivity index (χ2v) is 5.83. The molecule has 0 radical (unpaired) electrons. The summed E-state index contributed by atoms with van der Waals surface area (Å²) in [7, 11) is 0. The maximum absolute atomic E-state index is 12.5. The Morgan fingerprint density at radius 1 is 1.24 bits per heavy atom. The van der Waals surface area contributed by atoms with Gasteiger partial charge in [0.15, 0.2) is 0 Å². The molecule has 0 aliphatic rings. The number of para-hydroxylation sites is 1. The van der Waals surface area contributed by atoms with E-state index in [2.05, 4.69) is 5.32 Å². The molecule has 0 spiro atoms. The molecule has 0 bridgehead atoms. The Hall–Kier alpha value is -3.06. The van der Waals surface area contributed by atoms with Gasteiger partial charge in [-0.25, -0.2) is 0 Å². The number of rotatable bonds is 6. The number of aryl methyl sites for hydroxylation is 2. The number of benzene rings is 2. The predicted molar refractivity (Wildman–Crippen MR) is 100 cm³/mol. The molecule has 128 valence electrons. The van der Waals surface area contributed by atoms with E-state index in [1.165, 1.54) is 0 Å². The van der Waals surface area contributed by atoms with Crippen molar-refractivity contribution in [2.75, 3.05) is 11.9 Å². The van der Waals surface area contributed by atoms with E-state index in [0.717, 1.165) is 17.5 Å². The van der Waals surface area contributed by atoms with Gasteiger partial charge in [0, 0.05) is 11.3 Å². The smallest absolute Gasteiger partial charge is 0.266 e. The maximum atomic E-state index is 12.5. The normalized spacial score (nSPS) is 10.9. The summed E-state index contributed by atoms with van der Waals surface area (Å²) in [6, 6.07) is 15.2. The summed E-state index contributed by atoms with van der Waals surface area (Å²) in [4.78, 5) is 12.5. The van der Waals surface area contributed by atoms with Crippen LogP contribution in [0.1, 0.15) is 30.0 Å². The lowest BCUT2D eigenvalue weighted by Gasteiger charge is -2.10. The molecule has 1 N–H and O–H groups in total. The van der Waals surface area contributed by atoms with E-state index in [1.807, 2.05) is 69.3 Å². The van der Waals surface area contributed by atoms with Gasteiger partial charge in [-0.05, 0) is 49.6 Å². The third kappa shape index (κ3) is 4.95. The number of ether oxygens (including phenoxy) is 1. The second kappa shape index (κ2) is 8.70. The van der Waals surface area contributed by atoms with Crippen molar-refractivity contribution < 1.29 is 9.53 Å². The SMILES string of the molecule is CCCOc1ccccc1/C=C(\C#N)C(=O)Nc1cc(C)ccc1C. The molecule has 1 amide bonds. The number of hydrogen-bond acceptors (Lipinski definition) is 3. The van der Waals surface area contributed by atoms with Gasteiger partial charge in [-0.15, -0.1) is 0 Å². The molecule has 2 aromatic rings. The number of nitrogens with zero attached hydrogens (tertiary/aromatic N) is 1. The van der Waals surface area contributed by atoms with Crippen molar-refractivity contribution in [3.8, 4) is 11.8 Å². The van der Waals surface area contributed by atoms with Gasteiger partial charge in [-0.3, -0.25) is 4.79 Å². The molecule has 2 rings (SSSR count). The molecule has 0 aromatic heterocycles. The van der Waals surface area contributed by atoms with E-state index >= 15 is 0 Å². The van der Waals surface area contributed by atoms with Crippen molar-refractivity contribution in [3.05, 3.63) is 64.7 Å². The summed E-state index contributed by atoms with van der Waals surface area (Å²) in [5.41, 5.74) is 3.45. The van der Waals surface area contributed by atoms with Crippen LogP contribution < -0.4 is 10.1 Å². The van der Waals surface area contributed by atoms with Gasteiger partial charge >= 0.3 is 0 Å². The van der Waals surface area contributed by atoms with E-state index in [0.29, 0.717) is 23.6 Å². The lowest BCUT2D eigenvalue weighted by atomic mass is 10.1. The standard InChI is InChI=1S/C21H22N2O2/c1-4-11-25-20-8-6-5-7-17(20)13-18(14-22)21(24)23-19-12-15(2)9-10-16(19)3/h5-10,12-13H,4,11H2,1-3H3,(H,23,24)/b18-13+. The summed E-state index contributed by atoms with van der Waals surface area (Å²) in [5.74, 6) is 0.234. The van der Waals surface area contributed by atoms with Crippen molar-refractivity contribution in [2.24, 2.45) is 0 Å². The minimum atomic E-state index is -0.429. The third-order valence-corrected chi connectivity index (χ3v) is 3.69. The molecule has 0 atom stereocenters. The Kier molecular flexibility index (Phi) is 6.36. The Labute approximate surface area is 148 Å². The lowest BCUT2D eigenvalue weighted by molar-refractivity contribution is -0.112. The maximum Gasteiger partial charge on any atom is 0.266 e. The van der Waals surface area contributed by atoms with Crippen LogP contribution in [0.2, 0.25) is 0 Å². The summed E-state index contributed by atoms with van der Waals surface area (Å²) in [6.45, 7) is 6.48. The highest BCUT2D eigenvalue weighted by Crippen LogP contribution is 2.22. The summed E-state index contributed by atoms with van der Waals surface area (Å²) in [6.07, 6.45) is 2.45. The number of anilines is 1. The lowest BCUT2D eigenvalue weighted by Crippen LogP contribution is -2.14. The van der Waals surface area contributed by atoms with Crippen molar-refractivity contribution in [2.45, 2.75) is 27.2 Å². The van der Waals surface area contributed by atoms with Crippen LogP contribution in [-0.2, 0) is 4.79 Å². The molecule has 2 aromatic carbocycles. The van der Waals surface area contributed by atoms with Gasteiger partial charge in [0.2, 0.25) is 0 Å². The Morgan fingerprint density at radius 3 is 2.72 bits per heavy atom. The van der Waals surface area contributed by atoms with Gasteiger partial charge in [0.25, 0.3) is 5.91 Å². The highest BCUT2D eigenvalue weighted by Gasteiger charge is 2.12. The average molecular weight is 334 g/mol. The highest BCUT2D eigenvalue weighted by atomic mass is 16.5. The zero-order valence-corrected chi connectivity index (χ0v) is 14.8. The summed E-state index contributed by atoms with van der Waals surface area (Å²) in [5, 5.41) is 12.2. The van der Waals surface area contributed by atoms with Crippen molar-refractivity contribution >= 4 is 17.7 Å². The first-order valence-corrected chi connectivity index (χ1v) is 8.27.